The van der Waals surface area contributed by atoms with Gasteiger partial charge in [0.2, 0.25) is 0 Å². The number of hydrogen-bond acceptors (Lipinski definition) is 5. The Kier molecular flexibility index (Phi) is 28.6. The molecular formula is C124H135Co2N9. The topological polar surface area (TPSA) is 111 Å². The molecule has 11 heteroatoms. The Morgan fingerprint density at radius 2 is 0.519 bits per heavy atom. The maximum absolute atomic E-state index is 6.26. The van der Waals surface area contributed by atoms with Crippen molar-refractivity contribution in [2.75, 3.05) is 4.90 Å². The fourth-order valence-electron chi connectivity index (χ4n) is 23.8. The van der Waals surface area contributed by atoms with E-state index in [2.05, 4.69) is 339 Å². The molecule has 9 nitrogen and oxygen atoms in total. The first-order valence-corrected chi connectivity index (χ1v) is 49.5. The van der Waals surface area contributed by atoms with Crippen LogP contribution in [0.2, 0.25) is 0 Å². The van der Waals surface area contributed by atoms with Gasteiger partial charge in [-0.25, -0.2) is 19.9 Å². The van der Waals surface area contributed by atoms with E-state index in [0.29, 0.717) is 0 Å². The molecule has 694 valence electrons. The van der Waals surface area contributed by atoms with Crippen LogP contribution in [0.4, 0.5) is 17.1 Å². The second-order valence-corrected chi connectivity index (χ2v) is 38.8. The molecule has 4 aliphatic rings. The van der Waals surface area contributed by atoms with Gasteiger partial charge in [0.25, 0.3) is 0 Å². The van der Waals surface area contributed by atoms with Crippen molar-refractivity contribution in [3.8, 4) is 66.8 Å². The number of nitrogens with zero attached hydrogens (tertiary/aromatic N) is 9. The fraction of sp³-hybridized carbons (Fsp3) is 0.339. The molecule has 0 spiro atoms. The van der Waals surface area contributed by atoms with Crippen molar-refractivity contribution in [3.63, 3.8) is 0 Å². The normalized spacial score (nSPS) is 12.8. The predicted molar refractivity (Wildman–Crippen MR) is 571 cm³/mol. The Hall–Kier alpha value is -11.4. The van der Waals surface area contributed by atoms with E-state index >= 15 is 0 Å². The summed E-state index contributed by atoms with van der Waals surface area (Å²) in [7, 11) is 0. The van der Waals surface area contributed by atoms with E-state index in [-0.39, 0.29) is 33.6 Å². The van der Waals surface area contributed by atoms with Crippen LogP contribution in [0.3, 0.4) is 0 Å². The summed E-state index contributed by atoms with van der Waals surface area (Å²) in [6.07, 6.45) is 12.0. The molecule has 0 atom stereocenters. The zero-order valence-corrected chi connectivity index (χ0v) is 87.7. The number of aryl methyl sites for hydroxylation is 21. The molecule has 17 rings (SSSR count). The Bertz CT molecular complexity index is 6890. The van der Waals surface area contributed by atoms with Crippen molar-refractivity contribution in [1.82, 2.24) is 39.9 Å². The maximum Gasteiger partial charge on any atom is 2.00 e. The SMILES string of the molecule is CCCCCCc1ccc(N(c2ccc(-c3c4nc(c(-c5c(C)cc(C)cc5C)c5[n-]c(cc6nc(c(-c7c(C)cc(C)cc7C)c7[n-]c3c(CC)c7C)C(C)=C6CC)c(CC)c5C)C(C)=C4CC)cc2)c2ccc(-c3c4nc(c(-c5c(C)cc(C)cc5C)c5[n-]c(cc6nc(c(-c7c(C)cc(C)cc7C)c7[n-]c3c(CC)c7C)C(C)=C6CC)c(CC)c5C)C(C)=C4CC)cc2)cc1.[Co+2].[Co+2]. The van der Waals surface area contributed by atoms with Gasteiger partial charge in [0, 0.05) is 17.1 Å². The van der Waals surface area contributed by atoms with Crippen LogP contribution in [-0.2, 0) is 65.7 Å². The van der Waals surface area contributed by atoms with Gasteiger partial charge in [-0.2, -0.15) is 0 Å². The molecule has 10 heterocycles. The Labute approximate surface area is 824 Å². The third-order valence-electron chi connectivity index (χ3n) is 29.9. The van der Waals surface area contributed by atoms with Gasteiger partial charge in [0.1, 0.15) is 0 Å². The molecule has 16 bridgehead atoms. The maximum atomic E-state index is 6.26. The van der Waals surface area contributed by atoms with Crippen LogP contribution in [-0.4, -0.2) is 19.9 Å². The molecular weight excluding hydrogens is 1730 g/mol. The zero-order valence-electron chi connectivity index (χ0n) is 85.6. The number of allylic oxidation sites excluding steroid dienone is 8. The van der Waals surface area contributed by atoms with Crippen molar-refractivity contribution in [1.29, 1.82) is 0 Å². The minimum Gasteiger partial charge on any atom is -0.657 e. The van der Waals surface area contributed by atoms with E-state index in [4.69, 9.17) is 39.9 Å². The number of fused-ring (bicyclic) bond motifs is 16. The van der Waals surface area contributed by atoms with E-state index in [1.807, 2.05) is 0 Å². The molecule has 0 unspecified atom stereocenters. The summed E-state index contributed by atoms with van der Waals surface area (Å²) in [5.41, 5.74) is 66.5. The number of unbranched alkanes of at least 4 members (excludes halogenated alkanes) is 3. The molecule has 2 radical (unpaired) electrons. The monoisotopic (exact) mass is 1870 g/mol. The van der Waals surface area contributed by atoms with Crippen molar-refractivity contribution in [2.45, 2.75) is 284 Å². The van der Waals surface area contributed by atoms with Gasteiger partial charge in [-0.15, -0.1) is 44.1 Å². The third-order valence-corrected chi connectivity index (χ3v) is 29.9. The van der Waals surface area contributed by atoms with Gasteiger partial charge in [0.05, 0.1) is 45.6 Å². The van der Waals surface area contributed by atoms with Gasteiger partial charge < -0.3 is 24.8 Å². The standard InChI is InChI=1S/C124H135N9.2Co/c1-30-39-40-41-42-85-43-49-88(50-44-85)133(89-51-45-86(46-52-89)107-121-95(35-6)81(26)117(129-121)109(103-69(14)55-65(10)56-70(103)15)113-77(22)91(31-2)99(125-113)63-100-92(32-3)78(23)114(126-100)110(104-71(16)57-66(11)58-72(104)17)118-82(27)96(36-7)122(107)130-118)90-53-47-87(48-54-90)108-123-97(37-8)83(28)119(131-123)111(105-73(18)59-67(12)60-74(105)19)115-79(24)93(33-4)101(127-115)64-102-94(34-5)80(25)116(128-102)112(106-75(20)61-68(13)62-76(106)21)120-84(29)98(38-9)124(108)132-120;;/h43-64H,30-42H2,1-29H3;;/q-4;2*+2. The molecule has 6 aromatic heterocycles. The summed E-state index contributed by atoms with van der Waals surface area (Å²) in [4.78, 5) is 51.1. The summed E-state index contributed by atoms with van der Waals surface area (Å²) < 4.78 is 0. The first-order valence-electron chi connectivity index (χ1n) is 49.5. The van der Waals surface area contributed by atoms with Crippen molar-refractivity contribution >= 4 is 106 Å². The summed E-state index contributed by atoms with van der Waals surface area (Å²) in [5.74, 6) is 0. The van der Waals surface area contributed by atoms with Crippen LogP contribution < -0.4 is 24.8 Å². The van der Waals surface area contributed by atoms with Gasteiger partial charge in [-0.05, 0) is 400 Å². The van der Waals surface area contributed by atoms with Crippen LogP contribution in [0.15, 0.2) is 133 Å². The minimum absolute atomic E-state index is 0. The van der Waals surface area contributed by atoms with Crippen LogP contribution in [0, 0.1) is 111 Å². The average molecular weight is 1870 g/mol. The van der Waals surface area contributed by atoms with E-state index in [9.17, 15) is 0 Å². The second kappa shape index (κ2) is 39.3. The van der Waals surface area contributed by atoms with Crippen molar-refractivity contribution in [2.24, 2.45) is 0 Å². The van der Waals surface area contributed by atoms with Crippen LogP contribution in [0.1, 0.15) is 304 Å². The van der Waals surface area contributed by atoms with Crippen LogP contribution in [0.25, 0.3) is 155 Å². The van der Waals surface area contributed by atoms with Gasteiger partial charge in [0.15, 0.2) is 0 Å². The Morgan fingerprint density at radius 3 is 0.807 bits per heavy atom. The number of rotatable bonds is 22. The van der Waals surface area contributed by atoms with E-state index in [1.54, 1.807) is 0 Å². The number of hydrogen-bond donors (Lipinski definition) is 0. The first kappa shape index (κ1) is 98.1. The molecule has 0 aliphatic carbocycles. The van der Waals surface area contributed by atoms with Crippen molar-refractivity contribution in [3.05, 3.63) is 296 Å². The molecule has 0 amide bonds. The predicted octanol–water partition coefficient (Wildman–Crippen LogP) is 33.6. The molecule has 135 heavy (non-hydrogen) atoms. The summed E-state index contributed by atoms with van der Waals surface area (Å²) >= 11 is 0. The average Bonchev–Trinajstić information content (AvgIpc) is 1.57. The first-order chi connectivity index (χ1) is 63.8. The molecule has 0 saturated carbocycles. The minimum atomic E-state index is 0. The summed E-state index contributed by atoms with van der Waals surface area (Å²) in [6.45, 7) is 66.2. The molecule has 7 aromatic carbocycles. The van der Waals surface area contributed by atoms with E-state index in [0.717, 1.165) is 238 Å². The van der Waals surface area contributed by atoms with E-state index < -0.39 is 0 Å². The number of aromatic nitrogens is 8. The van der Waals surface area contributed by atoms with E-state index in [1.165, 1.54) is 181 Å². The van der Waals surface area contributed by atoms with Gasteiger partial charge in [-0.1, -0.05) is 245 Å². The summed E-state index contributed by atoms with van der Waals surface area (Å²) in [6, 6.07) is 51.6. The Morgan fingerprint density at radius 1 is 0.244 bits per heavy atom. The quantitative estimate of drug-likeness (QED) is 0.0613. The fourth-order valence-corrected chi connectivity index (χ4v) is 23.8. The molecule has 0 fully saturated rings. The molecule has 4 aliphatic heterocycles. The second-order valence-electron chi connectivity index (χ2n) is 38.8. The van der Waals surface area contributed by atoms with Gasteiger partial charge in [-0.3, -0.25) is 0 Å². The molecule has 13 aromatic rings. The van der Waals surface area contributed by atoms with Crippen LogP contribution in [0.5, 0.6) is 0 Å². The summed E-state index contributed by atoms with van der Waals surface area (Å²) in [5, 5.41) is 0. The largest absolute Gasteiger partial charge is 2.00 e. The number of anilines is 3. The molecule has 0 saturated heterocycles. The van der Waals surface area contributed by atoms with Crippen molar-refractivity contribution < 1.29 is 33.6 Å². The van der Waals surface area contributed by atoms with Gasteiger partial charge >= 0.3 is 33.6 Å². The Balaban J connectivity index is 0.00000694. The molecule has 0 N–H and O–H groups in total. The third kappa shape index (κ3) is 16.9. The van der Waals surface area contributed by atoms with Crippen LogP contribution >= 0.6 is 0 Å². The zero-order chi connectivity index (χ0) is 94.6. The number of benzene rings is 7. The smallest absolute Gasteiger partial charge is 0.657 e.